The van der Waals surface area contributed by atoms with Gasteiger partial charge >= 0.3 is 0 Å². The lowest BCUT2D eigenvalue weighted by molar-refractivity contribution is -0.130. The van der Waals surface area contributed by atoms with E-state index in [4.69, 9.17) is 14.2 Å². The topological polar surface area (TPSA) is 89.4 Å². The number of nitrogens with one attached hydrogen (secondary N) is 1. The van der Waals surface area contributed by atoms with Crippen molar-refractivity contribution in [3.8, 4) is 23.0 Å². The van der Waals surface area contributed by atoms with E-state index in [1.54, 1.807) is 12.1 Å². The molecule has 2 aromatic carbocycles. The molecule has 0 aliphatic carbocycles. The monoisotopic (exact) mass is 384 g/mol. The molecule has 0 saturated carbocycles. The Kier molecular flexibility index (Phi) is 5.44. The van der Waals surface area contributed by atoms with Gasteiger partial charge in [0.05, 0.1) is 13.3 Å². The number of ether oxygens (including phenoxy) is 3. The Labute approximate surface area is 163 Å². The molecule has 7 heteroatoms. The highest BCUT2D eigenvalue weighted by Gasteiger charge is 2.28. The van der Waals surface area contributed by atoms with E-state index in [0.29, 0.717) is 22.8 Å². The number of amides is 1. The molecule has 1 aliphatic heterocycles. The third kappa shape index (κ3) is 4.36. The summed E-state index contributed by atoms with van der Waals surface area (Å²) >= 11 is 0. The molecule has 28 heavy (non-hydrogen) atoms. The Balaban J connectivity index is 1.64. The predicted molar refractivity (Wildman–Crippen MR) is 105 cm³/mol. The molecule has 1 atom stereocenters. The standard InChI is InChI=1S/C21H24N2O5/c1-21(2,3)14-6-8-16-18(10-14)28-19(12-27-16)20(25)23-22-11-13-5-7-15(24)17(9-13)26-4/h5-11,19,24H,12H2,1-4H3,(H,23,25)/b22-11+/t19-/m1/s1. The molecule has 7 nitrogen and oxygen atoms in total. The second-order valence-electron chi connectivity index (χ2n) is 7.49. The molecule has 1 amide bonds. The first-order chi connectivity index (χ1) is 13.3. The number of benzene rings is 2. The minimum absolute atomic E-state index is 0.0322. The zero-order valence-electron chi connectivity index (χ0n) is 16.4. The number of hydrogen-bond acceptors (Lipinski definition) is 6. The fraction of sp³-hybridized carbons (Fsp3) is 0.333. The molecule has 0 unspecified atom stereocenters. The van der Waals surface area contributed by atoms with Gasteiger partial charge in [-0.25, -0.2) is 5.43 Å². The molecule has 0 saturated heterocycles. The van der Waals surface area contributed by atoms with Crippen LogP contribution in [0.5, 0.6) is 23.0 Å². The third-order valence-electron chi connectivity index (χ3n) is 4.35. The first-order valence-electron chi connectivity index (χ1n) is 8.92. The van der Waals surface area contributed by atoms with Crippen molar-refractivity contribution in [2.24, 2.45) is 5.10 Å². The quantitative estimate of drug-likeness (QED) is 0.625. The number of carbonyl (C=O) groups excluding carboxylic acids is 1. The summed E-state index contributed by atoms with van der Waals surface area (Å²) in [6.07, 6.45) is 0.657. The second-order valence-corrected chi connectivity index (χ2v) is 7.49. The van der Waals surface area contributed by atoms with Crippen LogP contribution in [0.1, 0.15) is 31.9 Å². The van der Waals surface area contributed by atoms with E-state index in [-0.39, 0.29) is 17.8 Å². The van der Waals surface area contributed by atoms with Crippen LogP contribution in [-0.4, -0.2) is 37.0 Å². The number of aromatic hydroxyl groups is 1. The highest BCUT2D eigenvalue weighted by atomic mass is 16.6. The second kappa shape index (κ2) is 7.80. The molecule has 0 bridgehead atoms. The Morgan fingerprint density at radius 3 is 2.75 bits per heavy atom. The van der Waals surface area contributed by atoms with Crippen LogP contribution in [0.3, 0.4) is 0 Å². The SMILES string of the molecule is COc1cc(/C=N/NC(=O)[C@H]2COc3ccc(C(C)(C)C)cc3O2)ccc1O. The van der Waals surface area contributed by atoms with Crippen LogP contribution in [0.15, 0.2) is 41.5 Å². The summed E-state index contributed by atoms with van der Waals surface area (Å²) in [6.45, 7) is 6.43. The number of phenols is 1. The van der Waals surface area contributed by atoms with E-state index < -0.39 is 12.0 Å². The lowest BCUT2D eigenvalue weighted by Gasteiger charge is -2.27. The van der Waals surface area contributed by atoms with Gasteiger partial charge in [0.15, 0.2) is 23.0 Å². The maximum absolute atomic E-state index is 12.4. The Morgan fingerprint density at radius 2 is 2.04 bits per heavy atom. The van der Waals surface area contributed by atoms with E-state index in [1.807, 2.05) is 18.2 Å². The van der Waals surface area contributed by atoms with Gasteiger partial charge in [0, 0.05) is 0 Å². The van der Waals surface area contributed by atoms with Crippen molar-refractivity contribution in [3.05, 3.63) is 47.5 Å². The summed E-state index contributed by atoms with van der Waals surface area (Å²) in [5.41, 5.74) is 4.17. The fourth-order valence-electron chi connectivity index (χ4n) is 2.68. The van der Waals surface area contributed by atoms with Crippen LogP contribution >= 0.6 is 0 Å². The molecule has 3 rings (SSSR count). The van der Waals surface area contributed by atoms with Crippen molar-refractivity contribution in [1.82, 2.24) is 5.43 Å². The maximum Gasteiger partial charge on any atom is 0.284 e. The summed E-state index contributed by atoms with van der Waals surface area (Å²) in [6, 6.07) is 10.5. The van der Waals surface area contributed by atoms with Crippen molar-refractivity contribution in [2.75, 3.05) is 13.7 Å². The summed E-state index contributed by atoms with van der Waals surface area (Å²) < 4.78 is 16.5. The zero-order valence-corrected chi connectivity index (χ0v) is 16.4. The largest absolute Gasteiger partial charge is 0.504 e. The smallest absolute Gasteiger partial charge is 0.284 e. The van der Waals surface area contributed by atoms with Crippen LogP contribution in [0.2, 0.25) is 0 Å². The zero-order chi connectivity index (χ0) is 20.3. The van der Waals surface area contributed by atoms with Crippen molar-refractivity contribution in [2.45, 2.75) is 32.3 Å². The van der Waals surface area contributed by atoms with Crippen molar-refractivity contribution >= 4 is 12.1 Å². The van der Waals surface area contributed by atoms with E-state index >= 15 is 0 Å². The Bertz CT molecular complexity index is 902. The van der Waals surface area contributed by atoms with E-state index in [9.17, 15) is 9.90 Å². The number of rotatable bonds is 4. The number of hydrogen-bond donors (Lipinski definition) is 2. The highest BCUT2D eigenvalue weighted by molar-refractivity contribution is 5.85. The fourth-order valence-corrected chi connectivity index (χ4v) is 2.68. The molecule has 1 aliphatic rings. The maximum atomic E-state index is 12.4. The number of phenolic OH excluding ortho intramolecular Hbond substituents is 1. The molecular formula is C21H24N2O5. The first kappa shape index (κ1) is 19.5. The molecule has 1 heterocycles. The lowest BCUT2D eigenvalue weighted by atomic mass is 9.87. The van der Waals surface area contributed by atoms with E-state index in [0.717, 1.165) is 5.56 Å². The number of hydrazone groups is 1. The van der Waals surface area contributed by atoms with Gasteiger partial charge in [0.1, 0.15) is 6.61 Å². The minimum Gasteiger partial charge on any atom is -0.504 e. The summed E-state index contributed by atoms with van der Waals surface area (Å²) in [5.74, 6) is 1.12. The average Bonchev–Trinajstić information content (AvgIpc) is 2.67. The Morgan fingerprint density at radius 1 is 1.25 bits per heavy atom. The Hall–Kier alpha value is -3.22. The summed E-state index contributed by atoms with van der Waals surface area (Å²) in [4.78, 5) is 12.4. The van der Waals surface area contributed by atoms with E-state index in [1.165, 1.54) is 19.4 Å². The van der Waals surface area contributed by atoms with Crippen molar-refractivity contribution < 1.29 is 24.1 Å². The highest BCUT2D eigenvalue weighted by Crippen LogP contribution is 2.36. The van der Waals surface area contributed by atoms with Crippen LogP contribution < -0.4 is 19.6 Å². The normalized spacial score (nSPS) is 16.1. The first-order valence-corrected chi connectivity index (χ1v) is 8.92. The number of fused-ring (bicyclic) bond motifs is 1. The molecule has 0 spiro atoms. The van der Waals surface area contributed by atoms with Crippen molar-refractivity contribution in [1.29, 1.82) is 0 Å². The molecular weight excluding hydrogens is 360 g/mol. The number of nitrogens with zero attached hydrogens (tertiary/aromatic N) is 1. The van der Waals surface area contributed by atoms with Gasteiger partial charge in [-0.15, -0.1) is 0 Å². The van der Waals surface area contributed by atoms with Gasteiger partial charge in [-0.2, -0.15) is 5.10 Å². The predicted octanol–water partition coefficient (Wildman–Crippen LogP) is 2.99. The molecule has 2 N–H and O–H groups in total. The van der Waals surface area contributed by atoms with Gasteiger partial charge in [-0.1, -0.05) is 26.8 Å². The number of carbonyl (C=O) groups is 1. The average molecular weight is 384 g/mol. The van der Waals surface area contributed by atoms with Crippen LogP contribution in [0.25, 0.3) is 0 Å². The van der Waals surface area contributed by atoms with Gasteiger partial charge in [0.25, 0.3) is 5.91 Å². The minimum atomic E-state index is -0.797. The molecule has 0 aromatic heterocycles. The molecule has 0 fully saturated rings. The lowest BCUT2D eigenvalue weighted by Crippen LogP contribution is -2.42. The summed E-state index contributed by atoms with van der Waals surface area (Å²) in [5, 5.41) is 13.5. The van der Waals surface area contributed by atoms with Crippen LogP contribution in [-0.2, 0) is 10.2 Å². The molecule has 0 radical (unpaired) electrons. The molecule has 2 aromatic rings. The molecule has 148 valence electrons. The van der Waals surface area contributed by atoms with Crippen LogP contribution in [0, 0.1) is 0 Å². The number of methoxy groups -OCH3 is 1. The van der Waals surface area contributed by atoms with Gasteiger partial charge < -0.3 is 19.3 Å². The van der Waals surface area contributed by atoms with Crippen LogP contribution in [0.4, 0.5) is 0 Å². The van der Waals surface area contributed by atoms with Crippen molar-refractivity contribution in [3.63, 3.8) is 0 Å². The third-order valence-corrected chi connectivity index (χ3v) is 4.35. The summed E-state index contributed by atoms with van der Waals surface area (Å²) in [7, 11) is 1.46. The van der Waals surface area contributed by atoms with Gasteiger partial charge in [-0.3, -0.25) is 4.79 Å². The van der Waals surface area contributed by atoms with Gasteiger partial charge in [-0.05, 0) is 46.9 Å². The van der Waals surface area contributed by atoms with Gasteiger partial charge in [0.2, 0.25) is 6.10 Å². The van der Waals surface area contributed by atoms with E-state index in [2.05, 4.69) is 31.3 Å².